The zero-order valence-corrected chi connectivity index (χ0v) is 16.6. The van der Waals surface area contributed by atoms with Crippen LogP contribution in [0.1, 0.15) is 43.2 Å². The number of amidine groups is 1. The number of rotatable bonds is 4. The summed E-state index contributed by atoms with van der Waals surface area (Å²) < 4.78 is 43.3. The Hall–Kier alpha value is -2.90. The number of carbonyl (C=O) groups is 1. The van der Waals surface area contributed by atoms with Gasteiger partial charge in [0.1, 0.15) is 11.7 Å². The lowest BCUT2D eigenvalue weighted by Gasteiger charge is -2.34. The first kappa shape index (κ1) is 20.4. The Morgan fingerprint density at radius 2 is 1.80 bits per heavy atom. The number of aromatic nitrogens is 1. The van der Waals surface area contributed by atoms with E-state index in [1.165, 1.54) is 17.2 Å². The van der Waals surface area contributed by atoms with Gasteiger partial charge < -0.3 is 5.32 Å². The van der Waals surface area contributed by atoms with E-state index in [1.54, 1.807) is 43.3 Å². The van der Waals surface area contributed by atoms with E-state index in [1.807, 2.05) is 0 Å². The van der Waals surface area contributed by atoms with Crippen LogP contribution in [0.15, 0.2) is 53.7 Å². The summed E-state index contributed by atoms with van der Waals surface area (Å²) in [6.07, 6.45) is 0.556. The van der Waals surface area contributed by atoms with Gasteiger partial charge in [0.2, 0.25) is 0 Å². The predicted molar refractivity (Wildman–Crippen MR) is 108 cm³/mol. The fourth-order valence-corrected chi connectivity index (χ4v) is 4.13. The number of hydrogen-bond acceptors (Lipinski definition) is 4. The summed E-state index contributed by atoms with van der Waals surface area (Å²) in [5, 5.41) is 2.34. The highest BCUT2D eigenvalue weighted by Gasteiger charge is 2.67. The minimum absolute atomic E-state index is 0.0395. The van der Waals surface area contributed by atoms with Crippen LogP contribution >= 0.6 is 0 Å². The van der Waals surface area contributed by atoms with Gasteiger partial charge in [-0.15, -0.1) is 0 Å². The third-order valence-electron chi connectivity index (χ3n) is 5.64. The molecule has 8 heteroatoms. The Kier molecular flexibility index (Phi) is 5.26. The molecule has 1 fully saturated rings. The predicted octanol–water partition coefficient (Wildman–Crippen LogP) is 4.68. The molecule has 1 saturated carbocycles. The van der Waals surface area contributed by atoms with E-state index in [2.05, 4.69) is 15.3 Å². The van der Waals surface area contributed by atoms with Crippen molar-refractivity contribution in [2.75, 3.05) is 5.32 Å². The number of nitrogens with one attached hydrogen (secondary N) is 1. The summed E-state index contributed by atoms with van der Waals surface area (Å²) in [7, 11) is 0. The molecule has 30 heavy (non-hydrogen) atoms. The van der Waals surface area contributed by atoms with Crippen LogP contribution < -0.4 is 5.32 Å². The van der Waals surface area contributed by atoms with Crippen molar-refractivity contribution >= 4 is 17.6 Å². The molecule has 1 atom stereocenters. The molecule has 1 aliphatic heterocycles. The first-order chi connectivity index (χ1) is 14.3. The molecule has 1 aromatic carbocycles. The van der Waals surface area contributed by atoms with Crippen molar-refractivity contribution in [1.82, 2.24) is 9.88 Å². The highest BCUT2D eigenvalue weighted by atomic mass is 19.4. The fourth-order valence-electron chi connectivity index (χ4n) is 4.13. The number of anilines is 1. The average molecular weight is 416 g/mol. The van der Waals surface area contributed by atoms with Crippen LogP contribution in [0, 0.1) is 6.92 Å². The highest BCUT2D eigenvalue weighted by molar-refractivity contribution is 6.16. The first-order valence-electron chi connectivity index (χ1n) is 10.1. The number of benzene rings is 1. The highest BCUT2D eigenvalue weighted by Crippen LogP contribution is 2.42. The van der Waals surface area contributed by atoms with Crippen molar-refractivity contribution in [1.29, 1.82) is 0 Å². The summed E-state index contributed by atoms with van der Waals surface area (Å²) in [4.78, 5) is 22.7. The van der Waals surface area contributed by atoms with Crippen LogP contribution in [0.25, 0.3) is 0 Å². The molecule has 2 aliphatic rings. The number of aryl methyl sites for hydroxylation is 1. The molecule has 4 rings (SSSR count). The number of alkyl halides is 3. The minimum Gasteiger partial charge on any atom is -0.331 e. The second kappa shape index (κ2) is 7.74. The van der Waals surface area contributed by atoms with Crippen molar-refractivity contribution in [3.63, 3.8) is 0 Å². The van der Waals surface area contributed by atoms with Crippen molar-refractivity contribution in [2.45, 2.75) is 56.9 Å². The van der Waals surface area contributed by atoms with Crippen molar-refractivity contribution < 1.29 is 18.0 Å². The molecule has 1 aliphatic carbocycles. The second-order valence-electron chi connectivity index (χ2n) is 7.82. The molecule has 1 N–H and O–H groups in total. The molecule has 0 bridgehead atoms. The van der Waals surface area contributed by atoms with Gasteiger partial charge in [-0.1, -0.05) is 49.6 Å². The maximum Gasteiger partial charge on any atom is 0.442 e. The van der Waals surface area contributed by atoms with Gasteiger partial charge in [0.25, 0.3) is 5.91 Å². The van der Waals surface area contributed by atoms with Gasteiger partial charge >= 0.3 is 11.8 Å². The number of carbonyl (C=O) groups excluding carboxylic acids is 1. The Morgan fingerprint density at radius 3 is 2.43 bits per heavy atom. The fraction of sp³-hybridized carbons (Fsp3) is 0.409. The molecule has 158 valence electrons. The van der Waals surface area contributed by atoms with Crippen LogP contribution in [0.4, 0.5) is 19.0 Å². The molecule has 1 aromatic heterocycles. The number of nitrogens with zero attached hydrogens (tertiary/aromatic N) is 3. The van der Waals surface area contributed by atoms with E-state index < -0.39 is 17.7 Å². The molecule has 2 heterocycles. The lowest BCUT2D eigenvalue weighted by Crippen LogP contribution is -2.59. The Labute approximate surface area is 173 Å². The molecule has 0 saturated heterocycles. The monoisotopic (exact) mass is 416 g/mol. The van der Waals surface area contributed by atoms with E-state index in [4.69, 9.17) is 0 Å². The van der Waals surface area contributed by atoms with Gasteiger partial charge in [-0.05, 0) is 37.5 Å². The number of hydrogen-bond donors (Lipinski definition) is 1. The van der Waals surface area contributed by atoms with Gasteiger partial charge in [-0.3, -0.25) is 9.69 Å². The zero-order valence-electron chi connectivity index (χ0n) is 16.6. The average Bonchev–Trinajstić information content (AvgIpc) is 3.03. The van der Waals surface area contributed by atoms with Crippen molar-refractivity contribution in [2.24, 2.45) is 4.99 Å². The summed E-state index contributed by atoms with van der Waals surface area (Å²) in [6.45, 7) is 1.75. The van der Waals surface area contributed by atoms with Gasteiger partial charge in [0.15, 0.2) is 0 Å². The standard InChI is InChI=1S/C22H23F3N4O/c1-15-12-13-26-18(14-15)27-21(22(23,24)25)20(30)29(17-10-6-3-7-11-17)19(28-21)16-8-4-2-5-9-16/h2,4-5,8-9,12-14,17H,3,6-7,10-11H2,1H3,(H,26,27)/t21-/m1/s1. The largest absolute Gasteiger partial charge is 0.442 e. The Morgan fingerprint density at radius 1 is 1.10 bits per heavy atom. The SMILES string of the molecule is Cc1ccnc(N[C@@]2(C(F)(F)F)N=C(c3ccccc3)N(C3CCCCC3)C2=O)c1. The molecule has 0 unspecified atom stereocenters. The summed E-state index contributed by atoms with van der Waals surface area (Å²) in [5.41, 5.74) is -1.88. The van der Waals surface area contributed by atoms with Crippen LogP contribution in [0.3, 0.4) is 0 Å². The van der Waals surface area contributed by atoms with Crippen LogP contribution in [-0.2, 0) is 4.79 Å². The summed E-state index contributed by atoms with van der Waals surface area (Å²) in [5.74, 6) is -1.07. The van der Waals surface area contributed by atoms with E-state index in [9.17, 15) is 18.0 Å². The first-order valence-corrected chi connectivity index (χ1v) is 10.1. The maximum atomic E-state index is 14.4. The van der Waals surface area contributed by atoms with Crippen LogP contribution in [-0.4, -0.2) is 39.5 Å². The molecule has 5 nitrogen and oxygen atoms in total. The number of amides is 1. The molecule has 0 spiro atoms. The lowest BCUT2D eigenvalue weighted by molar-refractivity contribution is -0.186. The zero-order chi connectivity index (χ0) is 21.4. The lowest BCUT2D eigenvalue weighted by atomic mass is 9.93. The second-order valence-corrected chi connectivity index (χ2v) is 7.82. The molecule has 1 amide bonds. The van der Waals surface area contributed by atoms with Gasteiger partial charge in [0, 0.05) is 17.8 Å². The van der Waals surface area contributed by atoms with Crippen LogP contribution in [0.2, 0.25) is 0 Å². The van der Waals surface area contributed by atoms with Gasteiger partial charge in [-0.25, -0.2) is 9.98 Å². The van der Waals surface area contributed by atoms with Gasteiger partial charge in [-0.2, -0.15) is 13.2 Å². The number of aliphatic imine (C=N–C) groups is 1. The van der Waals surface area contributed by atoms with E-state index in [0.29, 0.717) is 18.4 Å². The number of halogens is 3. The smallest absolute Gasteiger partial charge is 0.331 e. The van der Waals surface area contributed by atoms with E-state index >= 15 is 0 Å². The molecular formula is C22H23F3N4O. The molecule has 2 aromatic rings. The van der Waals surface area contributed by atoms with Crippen molar-refractivity contribution in [3.8, 4) is 0 Å². The topological polar surface area (TPSA) is 57.6 Å². The maximum absolute atomic E-state index is 14.4. The van der Waals surface area contributed by atoms with Gasteiger partial charge in [0.05, 0.1) is 0 Å². The Balaban J connectivity index is 1.84. The third kappa shape index (κ3) is 3.55. The summed E-state index contributed by atoms with van der Waals surface area (Å²) >= 11 is 0. The minimum atomic E-state index is -4.95. The summed E-state index contributed by atoms with van der Waals surface area (Å²) in [6, 6.07) is 11.4. The normalized spacial score (nSPS) is 22.9. The van der Waals surface area contributed by atoms with E-state index in [-0.39, 0.29) is 17.7 Å². The third-order valence-corrected chi connectivity index (χ3v) is 5.64. The van der Waals surface area contributed by atoms with Crippen molar-refractivity contribution in [3.05, 3.63) is 59.8 Å². The number of pyridine rings is 1. The Bertz CT molecular complexity index is 954. The molecular weight excluding hydrogens is 393 g/mol. The quantitative estimate of drug-likeness (QED) is 0.787. The van der Waals surface area contributed by atoms with Crippen LogP contribution in [0.5, 0.6) is 0 Å². The van der Waals surface area contributed by atoms with E-state index in [0.717, 1.165) is 24.8 Å². The molecule has 0 radical (unpaired) electrons.